The number of nitrogens with one attached hydrogen (secondary N) is 2. The lowest BCUT2D eigenvalue weighted by molar-refractivity contribution is -0.115. The van der Waals surface area contributed by atoms with Gasteiger partial charge in [-0.2, -0.15) is 0 Å². The molecule has 0 aliphatic rings. The van der Waals surface area contributed by atoms with E-state index in [4.69, 9.17) is 0 Å². The fraction of sp³-hybridized carbons (Fsp3) is 0.0667. The standard InChI is InChI=1S/C15H12BrFN2O2/c16-11-6-2-4-8-13(11)19-14(20)9-18-15(21)10-5-1-3-7-12(10)17/h1-8H,9H2,(H,18,21)(H,19,20). The largest absolute Gasteiger partial charge is 0.343 e. The van der Waals surface area contributed by atoms with Crippen LogP contribution in [-0.2, 0) is 4.79 Å². The minimum absolute atomic E-state index is 0.0915. The summed E-state index contributed by atoms with van der Waals surface area (Å²) in [5, 5.41) is 5.01. The van der Waals surface area contributed by atoms with E-state index < -0.39 is 17.6 Å². The molecule has 2 N–H and O–H groups in total. The summed E-state index contributed by atoms with van der Waals surface area (Å²) in [7, 11) is 0. The molecule has 0 aliphatic carbocycles. The van der Waals surface area contributed by atoms with Gasteiger partial charge in [0.2, 0.25) is 5.91 Å². The van der Waals surface area contributed by atoms with Gasteiger partial charge >= 0.3 is 0 Å². The van der Waals surface area contributed by atoms with Crippen LogP contribution in [0.3, 0.4) is 0 Å². The predicted octanol–water partition coefficient (Wildman–Crippen LogP) is 2.96. The average Bonchev–Trinajstić information content (AvgIpc) is 2.48. The Balaban J connectivity index is 1.91. The molecule has 0 radical (unpaired) electrons. The zero-order valence-corrected chi connectivity index (χ0v) is 12.5. The molecule has 2 rings (SSSR count). The maximum absolute atomic E-state index is 13.4. The van der Waals surface area contributed by atoms with Gasteiger partial charge in [-0.3, -0.25) is 9.59 Å². The molecule has 2 aromatic rings. The zero-order valence-electron chi connectivity index (χ0n) is 10.9. The molecule has 2 aromatic carbocycles. The molecule has 2 amide bonds. The van der Waals surface area contributed by atoms with Crippen LogP contribution in [0.4, 0.5) is 10.1 Å². The van der Waals surface area contributed by atoms with Gasteiger partial charge in [0.25, 0.3) is 5.91 Å². The second-order valence-corrected chi connectivity index (χ2v) is 5.04. The second kappa shape index (κ2) is 6.99. The lowest BCUT2D eigenvalue weighted by atomic mass is 10.2. The van der Waals surface area contributed by atoms with Crippen LogP contribution in [0.15, 0.2) is 53.0 Å². The van der Waals surface area contributed by atoms with Gasteiger partial charge in [0.15, 0.2) is 0 Å². The van der Waals surface area contributed by atoms with Crippen LogP contribution in [0, 0.1) is 5.82 Å². The third kappa shape index (κ3) is 4.13. The molecule has 108 valence electrons. The number of para-hydroxylation sites is 1. The Kier molecular flexibility index (Phi) is 5.05. The molecule has 0 saturated carbocycles. The second-order valence-electron chi connectivity index (χ2n) is 4.19. The van der Waals surface area contributed by atoms with Crippen LogP contribution >= 0.6 is 15.9 Å². The van der Waals surface area contributed by atoms with Crippen LogP contribution in [0.5, 0.6) is 0 Å². The van der Waals surface area contributed by atoms with Gasteiger partial charge in [0.05, 0.1) is 17.8 Å². The molecule has 6 heteroatoms. The van der Waals surface area contributed by atoms with Crippen LogP contribution in [0.2, 0.25) is 0 Å². The fourth-order valence-corrected chi connectivity index (χ4v) is 2.04. The smallest absolute Gasteiger partial charge is 0.254 e. The maximum Gasteiger partial charge on any atom is 0.254 e. The van der Waals surface area contributed by atoms with Crippen molar-refractivity contribution in [3.63, 3.8) is 0 Å². The van der Waals surface area contributed by atoms with Crippen molar-refractivity contribution in [2.75, 3.05) is 11.9 Å². The topological polar surface area (TPSA) is 58.2 Å². The number of amides is 2. The highest BCUT2D eigenvalue weighted by Gasteiger charge is 2.12. The van der Waals surface area contributed by atoms with E-state index >= 15 is 0 Å². The molecule has 0 atom stereocenters. The van der Waals surface area contributed by atoms with Gasteiger partial charge in [-0.15, -0.1) is 0 Å². The number of hydrogen-bond donors (Lipinski definition) is 2. The Bertz CT molecular complexity index is 676. The van der Waals surface area contributed by atoms with Gasteiger partial charge in [-0.1, -0.05) is 24.3 Å². The molecule has 0 fully saturated rings. The van der Waals surface area contributed by atoms with Gasteiger partial charge in [0.1, 0.15) is 5.82 Å². The Morgan fingerprint density at radius 2 is 1.71 bits per heavy atom. The Morgan fingerprint density at radius 1 is 1.05 bits per heavy atom. The van der Waals surface area contributed by atoms with E-state index in [9.17, 15) is 14.0 Å². The molecule has 4 nitrogen and oxygen atoms in total. The quantitative estimate of drug-likeness (QED) is 0.890. The lowest BCUT2D eigenvalue weighted by Crippen LogP contribution is -2.33. The summed E-state index contributed by atoms with van der Waals surface area (Å²) in [4.78, 5) is 23.5. The average molecular weight is 351 g/mol. The van der Waals surface area contributed by atoms with Gasteiger partial charge < -0.3 is 10.6 Å². The number of anilines is 1. The first-order valence-electron chi connectivity index (χ1n) is 6.15. The minimum Gasteiger partial charge on any atom is -0.343 e. The highest BCUT2D eigenvalue weighted by molar-refractivity contribution is 9.10. The highest BCUT2D eigenvalue weighted by Crippen LogP contribution is 2.20. The first-order valence-corrected chi connectivity index (χ1v) is 6.94. The van der Waals surface area contributed by atoms with Crippen molar-refractivity contribution in [3.05, 3.63) is 64.4 Å². The van der Waals surface area contributed by atoms with Crippen LogP contribution < -0.4 is 10.6 Å². The Morgan fingerprint density at radius 3 is 2.43 bits per heavy atom. The maximum atomic E-state index is 13.4. The molecule has 0 saturated heterocycles. The number of rotatable bonds is 4. The van der Waals surface area contributed by atoms with Crippen LogP contribution in [0.25, 0.3) is 0 Å². The number of carbonyl (C=O) groups excluding carboxylic acids is 2. The molecule has 0 aliphatic heterocycles. The van der Waals surface area contributed by atoms with Crippen molar-refractivity contribution < 1.29 is 14.0 Å². The molecule has 21 heavy (non-hydrogen) atoms. The van der Waals surface area contributed by atoms with E-state index in [0.29, 0.717) is 5.69 Å². The number of benzene rings is 2. The molecule has 0 bridgehead atoms. The summed E-state index contributed by atoms with van der Waals surface area (Å²) >= 11 is 3.30. The molecule has 0 aromatic heterocycles. The summed E-state index contributed by atoms with van der Waals surface area (Å²) in [6.07, 6.45) is 0. The van der Waals surface area contributed by atoms with Crippen molar-refractivity contribution in [2.24, 2.45) is 0 Å². The van der Waals surface area contributed by atoms with E-state index in [1.807, 2.05) is 6.07 Å². The SMILES string of the molecule is O=C(CNC(=O)c1ccccc1F)Nc1ccccc1Br. The molecular weight excluding hydrogens is 339 g/mol. The van der Waals surface area contributed by atoms with E-state index in [-0.39, 0.29) is 12.1 Å². The number of carbonyl (C=O) groups is 2. The summed E-state index contributed by atoms with van der Waals surface area (Å²) in [5.74, 6) is -1.65. The normalized spacial score (nSPS) is 10.0. The van der Waals surface area contributed by atoms with Crippen molar-refractivity contribution in [2.45, 2.75) is 0 Å². The number of hydrogen-bond acceptors (Lipinski definition) is 2. The summed E-state index contributed by atoms with van der Waals surface area (Å²) < 4.78 is 14.1. The monoisotopic (exact) mass is 350 g/mol. The Hall–Kier alpha value is -2.21. The summed E-state index contributed by atoms with van der Waals surface area (Å²) in [6, 6.07) is 12.7. The van der Waals surface area contributed by atoms with E-state index in [0.717, 1.165) is 4.47 Å². The van der Waals surface area contributed by atoms with Crippen LogP contribution in [-0.4, -0.2) is 18.4 Å². The molecule has 0 unspecified atom stereocenters. The van der Waals surface area contributed by atoms with Crippen molar-refractivity contribution >= 4 is 33.4 Å². The molecule has 0 heterocycles. The highest BCUT2D eigenvalue weighted by atomic mass is 79.9. The van der Waals surface area contributed by atoms with E-state index in [1.54, 1.807) is 24.3 Å². The van der Waals surface area contributed by atoms with Crippen molar-refractivity contribution in [1.29, 1.82) is 0 Å². The predicted molar refractivity (Wildman–Crippen MR) is 81.5 cm³/mol. The van der Waals surface area contributed by atoms with Gasteiger partial charge in [-0.25, -0.2) is 4.39 Å². The third-order valence-corrected chi connectivity index (χ3v) is 3.37. The van der Waals surface area contributed by atoms with Crippen LogP contribution in [0.1, 0.15) is 10.4 Å². The zero-order chi connectivity index (χ0) is 15.2. The van der Waals surface area contributed by atoms with E-state index in [1.165, 1.54) is 18.2 Å². The van der Waals surface area contributed by atoms with Gasteiger partial charge in [0, 0.05) is 4.47 Å². The summed E-state index contributed by atoms with van der Waals surface area (Å²) in [5.41, 5.74) is 0.508. The minimum atomic E-state index is -0.629. The summed E-state index contributed by atoms with van der Waals surface area (Å²) in [6.45, 7) is -0.242. The van der Waals surface area contributed by atoms with Gasteiger partial charge in [-0.05, 0) is 40.2 Å². The lowest BCUT2D eigenvalue weighted by Gasteiger charge is -2.08. The first kappa shape index (κ1) is 15.2. The Labute approximate surface area is 129 Å². The fourth-order valence-electron chi connectivity index (χ4n) is 1.66. The molecular formula is C15H12BrFN2O2. The molecule has 0 spiro atoms. The third-order valence-electron chi connectivity index (χ3n) is 2.68. The van der Waals surface area contributed by atoms with E-state index in [2.05, 4.69) is 26.6 Å². The van der Waals surface area contributed by atoms with Crippen molar-refractivity contribution in [3.8, 4) is 0 Å². The van der Waals surface area contributed by atoms with Crippen molar-refractivity contribution in [1.82, 2.24) is 5.32 Å². The number of halogens is 2. The first-order chi connectivity index (χ1) is 10.1.